The Kier molecular flexibility index (Phi) is 6.16. The third kappa shape index (κ3) is 4.47. The molecule has 0 aliphatic carbocycles. The van der Waals surface area contributed by atoms with Crippen molar-refractivity contribution < 1.29 is 22.7 Å². The molecule has 0 saturated carbocycles. The zero-order chi connectivity index (χ0) is 24.7. The van der Waals surface area contributed by atoms with Gasteiger partial charge in [0, 0.05) is 24.2 Å². The lowest BCUT2D eigenvalue weighted by atomic mass is 10.0. The quantitative estimate of drug-likeness (QED) is 0.512. The predicted octanol–water partition coefficient (Wildman–Crippen LogP) is 3.49. The van der Waals surface area contributed by atoms with Crippen molar-refractivity contribution in [2.45, 2.75) is 45.7 Å². The Morgan fingerprint density at radius 1 is 1.20 bits per heavy atom. The number of ether oxygens (including phenoxy) is 2. The summed E-state index contributed by atoms with van der Waals surface area (Å²) in [6, 6.07) is 7.14. The molecule has 1 unspecified atom stereocenters. The molecule has 2 aromatic heterocycles. The summed E-state index contributed by atoms with van der Waals surface area (Å²) in [5, 5.41) is 5.17. The molecule has 186 valence electrons. The van der Waals surface area contributed by atoms with Gasteiger partial charge in [-0.15, -0.1) is 0 Å². The molecule has 3 aromatic rings. The fraction of sp³-hybridized carbons (Fsp3) is 0.480. The number of hydrogen-bond acceptors (Lipinski definition) is 7. The smallest absolute Gasteiger partial charge is 0.255 e. The summed E-state index contributed by atoms with van der Waals surface area (Å²) in [5.74, 6) is 1.26. The summed E-state index contributed by atoms with van der Waals surface area (Å²) in [4.78, 5) is 20.6. The van der Waals surface area contributed by atoms with E-state index in [4.69, 9.17) is 14.5 Å². The van der Waals surface area contributed by atoms with Gasteiger partial charge in [0.15, 0.2) is 27.0 Å². The maximum absolute atomic E-state index is 14.0. The average Bonchev–Trinajstić information content (AvgIpc) is 3.44. The van der Waals surface area contributed by atoms with E-state index in [2.05, 4.69) is 5.10 Å². The van der Waals surface area contributed by atoms with Crippen LogP contribution in [-0.2, 0) is 9.84 Å². The van der Waals surface area contributed by atoms with Crippen LogP contribution in [0.5, 0.6) is 11.5 Å². The Morgan fingerprint density at radius 2 is 1.97 bits per heavy atom. The minimum atomic E-state index is -3.13. The lowest BCUT2D eigenvalue weighted by Crippen LogP contribution is -2.41. The van der Waals surface area contributed by atoms with Crippen molar-refractivity contribution in [1.82, 2.24) is 19.7 Å². The van der Waals surface area contributed by atoms with Crippen LogP contribution in [0.1, 0.15) is 50.0 Å². The van der Waals surface area contributed by atoms with Gasteiger partial charge in [0.05, 0.1) is 34.3 Å². The average molecular weight is 499 g/mol. The van der Waals surface area contributed by atoms with Crippen LogP contribution >= 0.6 is 0 Å². The highest BCUT2D eigenvalue weighted by atomic mass is 32.2. The van der Waals surface area contributed by atoms with Crippen molar-refractivity contribution in [3.05, 3.63) is 36.0 Å². The zero-order valence-corrected chi connectivity index (χ0v) is 21.0. The highest BCUT2D eigenvalue weighted by Gasteiger charge is 2.35. The van der Waals surface area contributed by atoms with Gasteiger partial charge >= 0.3 is 0 Å². The molecule has 5 rings (SSSR count). The first kappa shape index (κ1) is 23.6. The third-order valence-corrected chi connectivity index (χ3v) is 8.25. The summed E-state index contributed by atoms with van der Waals surface area (Å²) in [6.45, 7) is 7.48. The molecular formula is C25H30N4O5S. The number of sulfone groups is 1. The molecule has 0 spiro atoms. The van der Waals surface area contributed by atoms with Crippen LogP contribution in [0, 0.1) is 0 Å². The molecule has 10 heteroatoms. The summed E-state index contributed by atoms with van der Waals surface area (Å²) < 4.78 is 37.5. The second-order valence-electron chi connectivity index (χ2n) is 9.39. The monoisotopic (exact) mass is 498 g/mol. The van der Waals surface area contributed by atoms with Crippen LogP contribution < -0.4 is 9.47 Å². The molecule has 0 radical (unpaired) electrons. The molecular weight excluding hydrogens is 468 g/mol. The largest absolute Gasteiger partial charge is 0.486 e. The second-order valence-corrected chi connectivity index (χ2v) is 11.6. The fourth-order valence-corrected chi connectivity index (χ4v) is 6.52. The lowest BCUT2D eigenvalue weighted by Gasteiger charge is -2.28. The van der Waals surface area contributed by atoms with Crippen LogP contribution in [0.15, 0.2) is 30.5 Å². The molecule has 35 heavy (non-hydrogen) atoms. The first-order valence-electron chi connectivity index (χ1n) is 12.1. The predicted molar refractivity (Wildman–Crippen MR) is 133 cm³/mol. The Morgan fingerprint density at radius 3 is 2.66 bits per heavy atom. The molecule has 9 nitrogen and oxygen atoms in total. The van der Waals surface area contributed by atoms with Crippen molar-refractivity contribution in [3.63, 3.8) is 0 Å². The Labute approximate surface area is 205 Å². The number of hydrogen-bond donors (Lipinski definition) is 0. The van der Waals surface area contributed by atoms with Gasteiger partial charge in [0.1, 0.15) is 13.2 Å². The van der Waals surface area contributed by atoms with Gasteiger partial charge in [-0.2, -0.15) is 5.10 Å². The number of fused-ring (bicyclic) bond motifs is 2. The standard InChI is InChI=1S/C25H30N4O5S/c1-4-8-28(18-7-11-35(31,32)15-18)25(30)19-13-21(27-24-20(19)14-26-29(24)16(2)3)17-5-6-22-23(12-17)34-10-9-33-22/h5-6,12-14,16,18H,4,7-11,15H2,1-3H3. The molecule has 1 amide bonds. The summed E-state index contributed by atoms with van der Waals surface area (Å²) in [5.41, 5.74) is 2.51. The highest BCUT2D eigenvalue weighted by molar-refractivity contribution is 7.91. The van der Waals surface area contributed by atoms with E-state index in [0.717, 1.165) is 12.0 Å². The van der Waals surface area contributed by atoms with E-state index < -0.39 is 9.84 Å². The van der Waals surface area contributed by atoms with Crippen LogP contribution in [-0.4, -0.2) is 71.3 Å². The molecule has 1 fully saturated rings. The van der Waals surface area contributed by atoms with E-state index in [9.17, 15) is 13.2 Å². The minimum absolute atomic E-state index is 0.00718. The third-order valence-electron chi connectivity index (χ3n) is 6.50. The summed E-state index contributed by atoms with van der Waals surface area (Å²) >= 11 is 0. The molecule has 2 aliphatic rings. The van der Waals surface area contributed by atoms with Gasteiger partial charge in [-0.25, -0.2) is 18.1 Å². The minimum Gasteiger partial charge on any atom is -0.486 e. The van der Waals surface area contributed by atoms with Gasteiger partial charge in [-0.1, -0.05) is 6.92 Å². The SMILES string of the molecule is CCCN(C(=O)c1cc(-c2ccc3c(c2)OCCO3)nc2c1cnn2C(C)C)C1CCS(=O)(=O)C1. The van der Waals surface area contributed by atoms with Gasteiger partial charge in [-0.05, 0) is 51.0 Å². The number of rotatable bonds is 6. The fourth-order valence-electron chi connectivity index (χ4n) is 4.79. The van der Waals surface area contributed by atoms with Gasteiger partial charge in [0.2, 0.25) is 0 Å². The number of aromatic nitrogens is 3. The van der Waals surface area contributed by atoms with Crippen molar-refractivity contribution in [3.8, 4) is 22.8 Å². The molecule has 0 bridgehead atoms. The van der Waals surface area contributed by atoms with E-state index in [0.29, 0.717) is 60.0 Å². The number of benzene rings is 1. The summed E-state index contributed by atoms with van der Waals surface area (Å²) in [7, 11) is -3.13. The number of pyridine rings is 1. The maximum atomic E-state index is 14.0. The topological polar surface area (TPSA) is 104 Å². The zero-order valence-electron chi connectivity index (χ0n) is 20.2. The van der Waals surface area contributed by atoms with Crippen LogP contribution in [0.3, 0.4) is 0 Å². The first-order chi connectivity index (χ1) is 16.8. The molecule has 1 saturated heterocycles. The number of carbonyl (C=O) groups is 1. The second kappa shape index (κ2) is 9.14. The van der Waals surface area contributed by atoms with Gasteiger partial charge in [-0.3, -0.25) is 4.79 Å². The van der Waals surface area contributed by atoms with Crippen molar-refractivity contribution in [1.29, 1.82) is 0 Å². The van der Waals surface area contributed by atoms with Crippen LogP contribution in [0.4, 0.5) is 0 Å². The van der Waals surface area contributed by atoms with E-state index >= 15 is 0 Å². The number of carbonyl (C=O) groups excluding carboxylic acids is 1. The molecule has 4 heterocycles. The van der Waals surface area contributed by atoms with Crippen molar-refractivity contribution in [2.75, 3.05) is 31.3 Å². The van der Waals surface area contributed by atoms with Gasteiger partial charge < -0.3 is 14.4 Å². The van der Waals surface area contributed by atoms with Crippen molar-refractivity contribution in [2.24, 2.45) is 0 Å². The molecule has 2 aliphatic heterocycles. The normalized spacial score (nSPS) is 18.8. The van der Waals surface area contributed by atoms with Gasteiger partial charge in [0.25, 0.3) is 5.91 Å². The lowest BCUT2D eigenvalue weighted by molar-refractivity contribution is 0.0699. The Hall–Kier alpha value is -3.14. The molecule has 0 N–H and O–H groups in total. The number of nitrogens with zero attached hydrogens (tertiary/aromatic N) is 4. The van der Waals surface area contributed by atoms with E-state index in [1.165, 1.54) is 0 Å². The Balaban J connectivity index is 1.63. The van der Waals surface area contributed by atoms with E-state index in [-0.39, 0.29) is 29.5 Å². The number of amides is 1. The maximum Gasteiger partial charge on any atom is 0.255 e. The first-order valence-corrected chi connectivity index (χ1v) is 13.9. The molecule has 1 atom stereocenters. The van der Waals surface area contributed by atoms with Crippen LogP contribution in [0.2, 0.25) is 0 Å². The highest BCUT2D eigenvalue weighted by Crippen LogP contribution is 2.35. The molecule has 1 aromatic carbocycles. The van der Waals surface area contributed by atoms with E-state index in [1.807, 2.05) is 39.0 Å². The Bertz CT molecular complexity index is 1380. The van der Waals surface area contributed by atoms with E-state index in [1.54, 1.807) is 21.8 Å². The summed E-state index contributed by atoms with van der Waals surface area (Å²) in [6.07, 6.45) is 2.87. The van der Waals surface area contributed by atoms with Crippen LogP contribution in [0.25, 0.3) is 22.3 Å². The van der Waals surface area contributed by atoms with Crippen molar-refractivity contribution >= 4 is 26.8 Å².